The van der Waals surface area contributed by atoms with Gasteiger partial charge in [0.1, 0.15) is 0 Å². The monoisotopic (exact) mass is 246 g/mol. The quantitative estimate of drug-likeness (QED) is 0.451. The summed E-state index contributed by atoms with van der Waals surface area (Å²) in [7, 11) is 0. The van der Waals surface area contributed by atoms with Gasteiger partial charge in [-0.1, -0.05) is 17.0 Å². The first-order valence-corrected chi connectivity index (χ1v) is 6.78. The summed E-state index contributed by atoms with van der Waals surface area (Å²) in [5.74, 6) is 6.65. The Morgan fingerprint density at radius 3 is 3.29 bits per heavy atom. The number of hydrogen-bond acceptors (Lipinski definition) is 4. The van der Waals surface area contributed by atoms with Crippen LogP contribution < -0.4 is 0 Å². The summed E-state index contributed by atoms with van der Waals surface area (Å²) < 4.78 is 0. The van der Waals surface area contributed by atoms with Gasteiger partial charge in [-0.05, 0) is 24.4 Å². The number of fused-ring (bicyclic) bond motifs is 2. The summed E-state index contributed by atoms with van der Waals surface area (Å²) in [5, 5.41) is 8.25. The molecule has 3 rings (SSSR count). The first-order valence-electron chi connectivity index (χ1n) is 5.84. The van der Waals surface area contributed by atoms with Crippen molar-refractivity contribution in [2.24, 2.45) is 11.1 Å². The van der Waals surface area contributed by atoms with E-state index in [4.69, 9.17) is 4.84 Å². The fourth-order valence-corrected chi connectivity index (χ4v) is 2.92. The third-order valence-corrected chi connectivity index (χ3v) is 3.88. The van der Waals surface area contributed by atoms with Crippen LogP contribution in [0.4, 0.5) is 0 Å². The maximum absolute atomic E-state index is 5.26. The number of rotatable bonds is 2. The van der Waals surface area contributed by atoms with Gasteiger partial charge in [-0.3, -0.25) is 4.90 Å². The van der Waals surface area contributed by atoms with E-state index in [0.717, 1.165) is 12.1 Å². The van der Waals surface area contributed by atoms with Crippen LogP contribution in [0, 0.1) is 17.8 Å². The van der Waals surface area contributed by atoms with Crippen LogP contribution in [0.25, 0.3) is 0 Å². The van der Waals surface area contributed by atoms with Crippen molar-refractivity contribution in [3.8, 4) is 11.8 Å². The van der Waals surface area contributed by atoms with Crippen molar-refractivity contribution in [2.75, 3.05) is 26.2 Å². The summed E-state index contributed by atoms with van der Waals surface area (Å²) in [6, 6.07) is 2.01. The van der Waals surface area contributed by atoms with E-state index in [1.807, 2.05) is 16.8 Å². The lowest BCUT2D eigenvalue weighted by Gasteiger charge is -2.12. The normalized spacial score (nSPS) is 28.1. The van der Waals surface area contributed by atoms with Gasteiger partial charge in [-0.25, -0.2) is 0 Å². The highest BCUT2D eigenvalue weighted by Crippen LogP contribution is 2.25. The molecule has 0 aromatic carbocycles. The van der Waals surface area contributed by atoms with Crippen molar-refractivity contribution in [3.05, 3.63) is 22.4 Å². The van der Waals surface area contributed by atoms with Gasteiger partial charge in [0.05, 0.1) is 5.71 Å². The molecule has 0 radical (unpaired) electrons. The van der Waals surface area contributed by atoms with Gasteiger partial charge in [0.25, 0.3) is 0 Å². The van der Waals surface area contributed by atoms with Crippen molar-refractivity contribution in [3.63, 3.8) is 0 Å². The van der Waals surface area contributed by atoms with Crippen molar-refractivity contribution in [2.45, 2.75) is 6.42 Å². The third kappa shape index (κ3) is 2.51. The number of oxime groups is 1. The summed E-state index contributed by atoms with van der Waals surface area (Å²) in [6.45, 7) is 3.76. The molecule has 2 fully saturated rings. The predicted molar refractivity (Wildman–Crippen MR) is 69.1 cm³/mol. The lowest BCUT2D eigenvalue weighted by atomic mass is 10.0. The van der Waals surface area contributed by atoms with Crippen molar-refractivity contribution in [1.82, 2.24) is 4.90 Å². The average molecular weight is 246 g/mol. The molecule has 2 unspecified atom stereocenters. The van der Waals surface area contributed by atoms with Crippen LogP contribution in [0.1, 0.15) is 12.0 Å². The zero-order chi connectivity index (χ0) is 11.5. The average Bonchev–Trinajstić information content (AvgIpc) is 3.05. The van der Waals surface area contributed by atoms with Crippen molar-refractivity contribution >= 4 is 17.0 Å². The minimum absolute atomic E-state index is 0.381. The molecule has 0 amide bonds. The molecule has 1 aromatic rings. The molecule has 17 heavy (non-hydrogen) atoms. The molecule has 4 heteroatoms. The molecule has 2 bridgehead atoms. The van der Waals surface area contributed by atoms with E-state index in [-0.39, 0.29) is 0 Å². The maximum atomic E-state index is 5.26. The van der Waals surface area contributed by atoms with Crippen LogP contribution >= 0.6 is 11.3 Å². The van der Waals surface area contributed by atoms with Gasteiger partial charge in [0, 0.05) is 30.0 Å². The van der Waals surface area contributed by atoms with E-state index in [1.54, 1.807) is 11.3 Å². The van der Waals surface area contributed by atoms with Gasteiger partial charge in [-0.15, -0.1) is 0 Å². The van der Waals surface area contributed by atoms with Gasteiger partial charge < -0.3 is 4.84 Å². The number of thiophene rings is 1. The second-order valence-electron chi connectivity index (χ2n) is 4.39. The van der Waals surface area contributed by atoms with Crippen LogP contribution in [-0.2, 0) is 4.84 Å². The summed E-state index contributed by atoms with van der Waals surface area (Å²) in [6.07, 6.45) is 1.24. The largest absolute Gasteiger partial charge is 0.383 e. The first kappa shape index (κ1) is 10.8. The molecule has 0 saturated carbocycles. The van der Waals surface area contributed by atoms with Gasteiger partial charge >= 0.3 is 0 Å². The minimum Gasteiger partial charge on any atom is -0.383 e. The topological polar surface area (TPSA) is 24.8 Å². The lowest BCUT2D eigenvalue weighted by molar-refractivity contribution is 0.177. The van der Waals surface area contributed by atoms with Gasteiger partial charge in [0.15, 0.2) is 6.61 Å². The van der Waals surface area contributed by atoms with Gasteiger partial charge in [-0.2, -0.15) is 11.3 Å². The maximum Gasteiger partial charge on any atom is 0.177 e. The van der Waals surface area contributed by atoms with Crippen LogP contribution in [0.2, 0.25) is 0 Å². The Hall–Kier alpha value is -1.31. The van der Waals surface area contributed by atoms with Crippen molar-refractivity contribution < 1.29 is 4.84 Å². The fraction of sp³-hybridized carbons (Fsp3) is 0.462. The molecule has 3 heterocycles. The Morgan fingerprint density at radius 2 is 2.59 bits per heavy atom. The molecular formula is C13H14N2OS. The van der Waals surface area contributed by atoms with Crippen molar-refractivity contribution in [1.29, 1.82) is 0 Å². The SMILES string of the molecule is C(#Cc1ccsc1)CO/N=C1\CN2CCC1C2. The Morgan fingerprint density at radius 1 is 1.59 bits per heavy atom. The molecule has 2 aliphatic heterocycles. The second-order valence-corrected chi connectivity index (χ2v) is 5.17. The number of nitrogens with zero attached hydrogens (tertiary/aromatic N) is 2. The Bertz CT molecular complexity index is 469. The third-order valence-electron chi connectivity index (χ3n) is 3.20. The molecule has 88 valence electrons. The molecule has 0 N–H and O–H groups in total. The highest BCUT2D eigenvalue weighted by atomic mass is 32.1. The summed E-state index contributed by atoms with van der Waals surface area (Å²) >= 11 is 1.66. The molecule has 0 aliphatic carbocycles. The molecular weight excluding hydrogens is 232 g/mol. The van der Waals surface area contributed by atoms with E-state index >= 15 is 0 Å². The molecule has 2 saturated heterocycles. The molecule has 2 atom stereocenters. The van der Waals surface area contributed by atoms with Crippen LogP contribution in [-0.4, -0.2) is 36.9 Å². The lowest BCUT2D eigenvalue weighted by Crippen LogP contribution is -2.23. The van der Waals surface area contributed by atoms with Crippen LogP contribution in [0.5, 0.6) is 0 Å². The highest BCUT2D eigenvalue weighted by Gasteiger charge is 2.35. The molecule has 0 spiro atoms. The number of hydrogen-bond donors (Lipinski definition) is 0. The Labute approximate surface area is 105 Å². The Balaban J connectivity index is 1.48. The van der Waals surface area contributed by atoms with E-state index < -0.39 is 0 Å². The van der Waals surface area contributed by atoms with Crippen LogP contribution in [0.3, 0.4) is 0 Å². The predicted octanol–water partition coefficient (Wildman–Crippen LogP) is 1.81. The molecule has 3 nitrogen and oxygen atoms in total. The van der Waals surface area contributed by atoms with Crippen LogP contribution in [0.15, 0.2) is 22.0 Å². The second kappa shape index (κ2) is 4.91. The number of piperidine rings is 1. The fourth-order valence-electron chi connectivity index (χ4n) is 2.33. The zero-order valence-corrected chi connectivity index (χ0v) is 10.4. The molecule has 1 aromatic heterocycles. The van der Waals surface area contributed by atoms with E-state index in [1.165, 1.54) is 25.2 Å². The zero-order valence-electron chi connectivity index (χ0n) is 9.56. The smallest absolute Gasteiger partial charge is 0.177 e. The first-order chi connectivity index (χ1) is 8.42. The minimum atomic E-state index is 0.381. The van der Waals surface area contributed by atoms with E-state index in [0.29, 0.717) is 12.5 Å². The molecule has 2 aliphatic rings. The standard InChI is InChI=1S/C13H14N2OS/c1(2-11-4-7-17-10-11)6-16-14-13-9-15-5-3-12(13)8-15/h4,7,10,12H,3,5-6,8-9H2/b14-13+. The van der Waals surface area contributed by atoms with E-state index in [9.17, 15) is 0 Å². The van der Waals surface area contributed by atoms with Gasteiger partial charge in [0.2, 0.25) is 0 Å². The summed E-state index contributed by atoms with van der Waals surface area (Å²) in [5.41, 5.74) is 2.26. The van der Waals surface area contributed by atoms with E-state index in [2.05, 4.69) is 21.9 Å². The summed E-state index contributed by atoms with van der Waals surface area (Å²) in [4.78, 5) is 7.68. The Kier molecular flexibility index (Phi) is 3.12. The highest BCUT2D eigenvalue weighted by molar-refractivity contribution is 7.08.